The van der Waals surface area contributed by atoms with E-state index >= 15 is 0 Å². The third-order valence-electron chi connectivity index (χ3n) is 2.63. The fourth-order valence-corrected chi connectivity index (χ4v) is 1.88. The predicted molar refractivity (Wildman–Crippen MR) is 67.1 cm³/mol. The van der Waals surface area contributed by atoms with E-state index in [1.165, 1.54) is 0 Å². The number of aromatic amines is 1. The minimum atomic E-state index is -0.0697. The monoisotopic (exact) mass is 232 g/mol. The van der Waals surface area contributed by atoms with E-state index in [0.717, 1.165) is 10.9 Å². The molecule has 4 nitrogen and oxygen atoms in total. The summed E-state index contributed by atoms with van der Waals surface area (Å²) in [5.74, 6) is -0.0697. The Morgan fingerprint density at radius 3 is 3.06 bits per heavy atom. The molecule has 1 atom stereocenters. The lowest BCUT2D eigenvalue weighted by Crippen LogP contribution is -2.35. The number of ether oxygens (including phenoxy) is 1. The lowest BCUT2D eigenvalue weighted by atomic mass is 10.1. The van der Waals surface area contributed by atoms with E-state index in [0.29, 0.717) is 12.2 Å². The smallest absolute Gasteiger partial charge is 0.252 e. The quantitative estimate of drug-likeness (QED) is 0.846. The summed E-state index contributed by atoms with van der Waals surface area (Å²) in [6.07, 6.45) is 1.83. The van der Waals surface area contributed by atoms with Crippen molar-refractivity contribution in [2.75, 3.05) is 13.7 Å². The van der Waals surface area contributed by atoms with Crippen molar-refractivity contribution in [1.82, 2.24) is 10.3 Å². The molecule has 0 saturated heterocycles. The summed E-state index contributed by atoms with van der Waals surface area (Å²) in [4.78, 5) is 15.1. The molecule has 0 bridgehead atoms. The van der Waals surface area contributed by atoms with E-state index in [1.807, 2.05) is 37.4 Å². The summed E-state index contributed by atoms with van der Waals surface area (Å²) in [5.41, 5.74) is 1.66. The molecule has 1 unspecified atom stereocenters. The fourth-order valence-electron chi connectivity index (χ4n) is 1.88. The molecular formula is C13H16N2O2. The van der Waals surface area contributed by atoms with Gasteiger partial charge in [0.15, 0.2) is 0 Å². The minimum Gasteiger partial charge on any atom is -0.383 e. The van der Waals surface area contributed by atoms with E-state index < -0.39 is 0 Å². The molecule has 0 saturated carbocycles. The van der Waals surface area contributed by atoms with Gasteiger partial charge in [-0.1, -0.05) is 6.07 Å². The van der Waals surface area contributed by atoms with Crippen molar-refractivity contribution in [3.8, 4) is 0 Å². The van der Waals surface area contributed by atoms with Crippen LogP contribution in [-0.4, -0.2) is 30.6 Å². The zero-order valence-electron chi connectivity index (χ0n) is 9.99. The van der Waals surface area contributed by atoms with E-state index in [-0.39, 0.29) is 11.9 Å². The van der Waals surface area contributed by atoms with Crippen LogP contribution >= 0.6 is 0 Å². The van der Waals surface area contributed by atoms with Crippen molar-refractivity contribution >= 4 is 16.8 Å². The topological polar surface area (TPSA) is 54.1 Å². The molecule has 1 amide bonds. The van der Waals surface area contributed by atoms with Crippen LogP contribution in [0.3, 0.4) is 0 Å². The summed E-state index contributed by atoms with van der Waals surface area (Å²) in [6.45, 7) is 2.42. The summed E-state index contributed by atoms with van der Waals surface area (Å²) in [6, 6.07) is 7.55. The lowest BCUT2D eigenvalue weighted by Gasteiger charge is -2.13. The summed E-state index contributed by atoms with van der Waals surface area (Å²) >= 11 is 0. The number of benzene rings is 1. The number of amides is 1. The van der Waals surface area contributed by atoms with Gasteiger partial charge in [0.1, 0.15) is 0 Å². The van der Waals surface area contributed by atoms with Crippen LogP contribution in [0.5, 0.6) is 0 Å². The minimum absolute atomic E-state index is 0.00157. The van der Waals surface area contributed by atoms with E-state index in [1.54, 1.807) is 7.11 Å². The molecule has 2 rings (SSSR count). The highest BCUT2D eigenvalue weighted by Crippen LogP contribution is 2.17. The van der Waals surface area contributed by atoms with Gasteiger partial charge in [0, 0.05) is 35.8 Å². The number of methoxy groups -OCH3 is 1. The number of rotatable bonds is 4. The van der Waals surface area contributed by atoms with Gasteiger partial charge < -0.3 is 15.0 Å². The van der Waals surface area contributed by atoms with Crippen LogP contribution in [0.4, 0.5) is 0 Å². The first-order chi connectivity index (χ1) is 8.22. The number of fused-ring (bicyclic) bond motifs is 1. The zero-order chi connectivity index (χ0) is 12.3. The zero-order valence-corrected chi connectivity index (χ0v) is 9.99. The van der Waals surface area contributed by atoms with Crippen molar-refractivity contribution in [1.29, 1.82) is 0 Å². The first kappa shape index (κ1) is 11.7. The Hall–Kier alpha value is -1.81. The average Bonchev–Trinajstić information content (AvgIpc) is 2.76. The van der Waals surface area contributed by atoms with E-state index in [9.17, 15) is 4.79 Å². The molecule has 4 heteroatoms. The largest absolute Gasteiger partial charge is 0.383 e. The van der Waals surface area contributed by atoms with Crippen molar-refractivity contribution < 1.29 is 9.53 Å². The highest BCUT2D eigenvalue weighted by atomic mass is 16.5. The molecule has 1 aromatic carbocycles. The second-order valence-corrected chi connectivity index (χ2v) is 4.07. The highest BCUT2D eigenvalue weighted by Gasteiger charge is 2.12. The Kier molecular flexibility index (Phi) is 3.44. The molecular weight excluding hydrogens is 216 g/mol. The predicted octanol–water partition coefficient (Wildman–Crippen LogP) is 1.93. The Bertz CT molecular complexity index is 519. The summed E-state index contributed by atoms with van der Waals surface area (Å²) in [5, 5.41) is 3.84. The van der Waals surface area contributed by atoms with Crippen LogP contribution < -0.4 is 5.32 Å². The van der Waals surface area contributed by atoms with Crippen LogP contribution in [0.1, 0.15) is 17.3 Å². The fraction of sp³-hybridized carbons (Fsp3) is 0.308. The molecule has 0 fully saturated rings. The third kappa shape index (κ3) is 2.47. The van der Waals surface area contributed by atoms with Crippen molar-refractivity contribution in [2.24, 2.45) is 0 Å². The van der Waals surface area contributed by atoms with Crippen LogP contribution in [0.2, 0.25) is 0 Å². The number of carbonyl (C=O) groups excluding carboxylic acids is 1. The number of hydrogen-bond acceptors (Lipinski definition) is 2. The Morgan fingerprint density at radius 2 is 2.29 bits per heavy atom. The SMILES string of the molecule is COCC(C)NC(=O)c1cccc2[nH]ccc12. The van der Waals surface area contributed by atoms with Gasteiger partial charge >= 0.3 is 0 Å². The molecule has 0 radical (unpaired) electrons. The molecule has 0 aliphatic rings. The van der Waals surface area contributed by atoms with Crippen LogP contribution in [0.25, 0.3) is 10.9 Å². The molecule has 0 spiro atoms. The number of hydrogen-bond donors (Lipinski definition) is 2. The molecule has 0 aliphatic carbocycles. The number of aromatic nitrogens is 1. The maximum absolute atomic E-state index is 12.1. The number of H-pyrrole nitrogens is 1. The van der Waals surface area contributed by atoms with Gasteiger partial charge in [-0.05, 0) is 25.1 Å². The second kappa shape index (κ2) is 5.01. The summed E-state index contributed by atoms with van der Waals surface area (Å²) in [7, 11) is 1.62. The van der Waals surface area contributed by atoms with Crippen LogP contribution in [0.15, 0.2) is 30.5 Å². The molecule has 1 aromatic heterocycles. The summed E-state index contributed by atoms with van der Waals surface area (Å²) < 4.78 is 4.99. The maximum Gasteiger partial charge on any atom is 0.252 e. The Balaban J connectivity index is 2.21. The van der Waals surface area contributed by atoms with Gasteiger partial charge in [0.25, 0.3) is 5.91 Å². The lowest BCUT2D eigenvalue weighted by molar-refractivity contribution is 0.0907. The number of carbonyl (C=O) groups is 1. The molecule has 2 aromatic rings. The standard InChI is InChI=1S/C13H16N2O2/c1-9(8-17-2)15-13(16)11-4-3-5-12-10(11)6-7-14-12/h3-7,9,14H,8H2,1-2H3,(H,15,16). The molecule has 1 heterocycles. The van der Waals surface area contributed by atoms with E-state index in [2.05, 4.69) is 10.3 Å². The van der Waals surface area contributed by atoms with Gasteiger partial charge in [0.2, 0.25) is 0 Å². The van der Waals surface area contributed by atoms with Crippen LogP contribution in [-0.2, 0) is 4.74 Å². The molecule has 2 N–H and O–H groups in total. The molecule has 17 heavy (non-hydrogen) atoms. The molecule has 90 valence electrons. The molecule has 0 aliphatic heterocycles. The Morgan fingerprint density at radius 1 is 1.47 bits per heavy atom. The van der Waals surface area contributed by atoms with Crippen molar-refractivity contribution in [3.63, 3.8) is 0 Å². The first-order valence-electron chi connectivity index (χ1n) is 5.58. The Labute approximate surface area is 100.0 Å². The third-order valence-corrected chi connectivity index (χ3v) is 2.63. The normalized spacial score (nSPS) is 12.6. The number of nitrogens with one attached hydrogen (secondary N) is 2. The highest BCUT2D eigenvalue weighted by molar-refractivity contribution is 6.06. The van der Waals surface area contributed by atoms with Gasteiger partial charge in [0.05, 0.1) is 6.61 Å². The van der Waals surface area contributed by atoms with Crippen molar-refractivity contribution in [3.05, 3.63) is 36.0 Å². The van der Waals surface area contributed by atoms with E-state index in [4.69, 9.17) is 4.74 Å². The van der Waals surface area contributed by atoms with Crippen LogP contribution in [0, 0.1) is 0 Å². The van der Waals surface area contributed by atoms with Gasteiger partial charge in [-0.2, -0.15) is 0 Å². The van der Waals surface area contributed by atoms with Gasteiger partial charge in [-0.25, -0.2) is 0 Å². The average molecular weight is 232 g/mol. The van der Waals surface area contributed by atoms with Gasteiger partial charge in [-0.3, -0.25) is 4.79 Å². The first-order valence-corrected chi connectivity index (χ1v) is 5.58. The van der Waals surface area contributed by atoms with Crippen molar-refractivity contribution in [2.45, 2.75) is 13.0 Å². The maximum atomic E-state index is 12.1. The van der Waals surface area contributed by atoms with Gasteiger partial charge in [-0.15, -0.1) is 0 Å². The second-order valence-electron chi connectivity index (χ2n) is 4.07.